The summed E-state index contributed by atoms with van der Waals surface area (Å²) in [5.74, 6) is -0.150. The smallest absolute Gasteiger partial charge is 0.326 e. The van der Waals surface area contributed by atoms with E-state index in [1.54, 1.807) is 0 Å². The third kappa shape index (κ3) is 3.18. The highest BCUT2D eigenvalue weighted by Crippen LogP contribution is 2.44. The molecule has 25 heavy (non-hydrogen) atoms. The average Bonchev–Trinajstić information content (AvgIpc) is 3.06. The predicted molar refractivity (Wildman–Crippen MR) is 95.4 cm³/mol. The summed E-state index contributed by atoms with van der Waals surface area (Å²) in [5.41, 5.74) is 3.19. The summed E-state index contributed by atoms with van der Waals surface area (Å²) in [5, 5.41) is 12.7. The Hall–Kier alpha value is -1.86. The SMILES string of the molecule is O=C(O)C1Nc2ccc(CN3CCS(=O)(=O)CC3)cc2C2C=CCC12. The number of hydrogen-bond acceptors (Lipinski definition) is 5. The van der Waals surface area contributed by atoms with E-state index < -0.39 is 21.8 Å². The van der Waals surface area contributed by atoms with Gasteiger partial charge >= 0.3 is 5.97 Å². The molecule has 0 amide bonds. The number of fused-ring (bicyclic) bond motifs is 3. The van der Waals surface area contributed by atoms with E-state index in [4.69, 9.17) is 0 Å². The van der Waals surface area contributed by atoms with Crippen LogP contribution in [0.5, 0.6) is 0 Å². The number of carbonyl (C=O) groups is 1. The Labute approximate surface area is 147 Å². The third-order valence-electron chi connectivity index (χ3n) is 5.54. The van der Waals surface area contributed by atoms with Gasteiger partial charge in [-0.25, -0.2) is 13.2 Å². The van der Waals surface area contributed by atoms with Crippen LogP contribution in [0.4, 0.5) is 5.69 Å². The van der Waals surface area contributed by atoms with Gasteiger partial charge in [-0.2, -0.15) is 0 Å². The van der Waals surface area contributed by atoms with E-state index in [0.717, 1.165) is 29.8 Å². The van der Waals surface area contributed by atoms with Gasteiger partial charge in [-0.1, -0.05) is 24.3 Å². The summed E-state index contributed by atoms with van der Waals surface area (Å²) in [6, 6.07) is 5.57. The number of carboxylic acid groups (broad SMARTS) is 1. The van der Waals surface area contributed by atoms with Gasteiger partial charge in [0.25, 0.3) is 0 Å². The van der Waals surface area contributed by atoms with Crippen LogP contribution in [0.25, 0.3) is 0 Å². The largest absolute Gasteiger partial charge is 0.480 e. The van der Waals surface area contributed by atoms with Gasteiger partial charge in [0.1, 0.15) is 6.04 Å². The molecule has 0 aromatic heterocycles. The molecule has 0 bridgehead atoms. The molecule has 134 valence electrons. The second-order valence-corrected chi connectivity index (χ2v) is 9.47. The number of anilines is 1. The van der Waals surface area contributed by atoms with Gasteiger partial charge in [0.05, 0.1) is 11.5 Å². The van der Waals surface area contributed by atoms with E-state index in [2.05, 4.69) is 28.4 Å². The average molecular weight is 362 g/mol. The molecule has 1 fully saturated rings. The minimum atomic E-state index is -2.86. The van der Waals surface area contributed by atoms with Crippen molar-refractivity contribution >= 4 is 21.5 Å². The maximum atomic E-state index is 11.6. The first-order valence-corrected chi connectivity index (χ1v) is 10.5. The minimum absolute atomic E-state index is 0.0559. The molecule has 2 heterocycles. The van der Waals surface area contributed by atoms with Crippen LogP contribution in [0.2, 0.25) is 0 Å². The first kappa shape index (κ1) is 16.6. The topological polar surface area (TPSA) is 86.7 Å². The van der Waals surface area contributed by atoms with Gasteiger partial charge in [0.2, 0.25) is 0 Å². The second kappa shape index (κ2) is 6.14. The Balaban J connectivity index is 1.55. The van der Waals surface area contributed by atoms with Crippen LogP contribution < -0.4 is 5.32 Å². The summed E-state index contributed by atoms with van der Waals surface area (Å²) >= 11 is 0. The molecule has 3 aliphatic rings. The van der Waals surface area contributed by atoms with Crippen molar-refractivity contribution in [2.45, 2.75) is 24.9 Å². The number of carboxylic acids is 1. The number of hydrogen-bond donors (Lipinski definition) is 2. The van der Waals surface area contributed by atoms with Crippen molar-refractivity contribution in [1.29, 1.82) is 0 Å². The van der Waals surface area contributed by atoms with Crippen molar-refractivity contribution in [3.05, 3.63) is 41.5 Å². The van der Waals surface area contributed by atoms with Crippen LogP contribution >= 0.6 is 0 Å². The Morgan fingerprint density at radius 1 is 1.28 bits per heavy atom. The Bertz CT molecular complexity index is 819. The summed E-state index contributed by atoms with van der Waals surface area (Å²) < 4.78 is 23.1. The fourth-order valence-corrected chi connectivity index (χ4v) is 5.43. The van der Waals surface area contributed by atoms with Gasteiger partial charge in [-0.3, -0.25) is 4.90 Å². The van der Waals surface area contributed by atoms with Gasteiger partial charge in [-0.15, -0.1) is 0 Å². The molecule has 1 aromatic rings. The highest BCUT2D eigenvalue weighted by molar-refractivity contribution is 7.91. The molecule has 3 unspecified atom stereocenters. The number of sulfone groups is 1. The van der Waals surface area contributed by atoms with Gasteiger partial charge in [0.15, 0.2) is 9.84 Å². The molecule has 1 aliphatic carbocycles. The monoisotopic (exact) mass is 362 g/mol. The molecular weight excluding hydrogens is 340 g/mol. The fourth-order valence-electron chi connectivity index (χ4n) is 4.15. The molecule has 4 rings (SSSR count). The molecule has 2 N–H and O–H groups in total. The summed E-state index contributed by atoms with van der Waals surface area (Å²) in [6.07, 6.45) is 4.98. The van der Waals surface area contributed by atoms with Crippen LogP contribution in [-0.4, -0.2) is 55.0 Å². The zero-order valence-corrected chi connectivity index (χ0v) is 14.7. The number of rotatable bonds is 3. The lowest BCUT2D eigenvalue weighted by Crippen LogP contribution is -2.42. The van der Waals surface area contributed by atoms with Crippen molar-refractivity contribution in [3.63, 3.8) is 0 Å². The lowest BCUT2D eigenvalue weighted by Gasteiger charge is -2.35. The Morgan fingerprint density at radius 3 is 2.76 bits per heavy atom. The molecule has 0 saturated carbocycles. The Kier molecular flexibility index (Phi) is 4.08. The van der Waals surface area contributed by atoms with E-state index in [0.29, 0.717) is 13.1 Å². The molecule has 2 aliphatic heterocycles. The molecule has 3 atom stereocenters. The van der Waals surface area contributed by atoms with E-state index in [9.17, 15) is 18.3 Å². The molecule has 6 nitrogen and oxygen atoms in total. The van der Waals surface area contributed by atoms with Gasteiger partial charge < -0.3 is 10.4 Å². The zero-order chi connectivity index (χ0) is 17.6. The van der Waals surface area contributed by atoms with Crippen molar-refractivity contribution in [2.75, 3.05) is 29.9 Å². The van der Waals surface area contributed by atoms with Gasteiger partial charge in [-0.05, 0) is 23.6 Å². The lowest BCUT2D eigenvalue weighted by molar-refractivity contribution is -0.139. The molecule has 0 spiro atoms. The maximum absolute atomic E-state index is 11.6. The predicted octanol–water partition coefficient (Wildman–Crippen LogP) is 1.46. The molecule has 1 saturated heterocycles. The van der Waals surface area contributed by atoms with E-state index in [-0.39, 0.29) is 23.3 Å². The lowest BCUT2D eigenvalue weighted by atomic mass is 9.79. The van der Waals surface area contributed by atoms with E-state index in [1.807, 2.05) is 12.1 Å². The number of aliphatic carboxylic acids is 1. The summed E-state index contributed by atoms with van der Waals surface area (Å²) in [6.45, 7) is 1.88. The Morgan fingerprint density at radius 2 is 2.04 bits per heavy atom. The number of nitrogens with one attached hydrogen (secondary N) is 1. The van der Waals surface area contributed by atoms with Gasteiger partial charge in [0, 0.05) is 37.2 Å². The first-order valence-electron chi connectivity index (χ1n) is 8.64. The standard InChI is InChI=1S/C18H22N2O4S/c21-18(22)17-14-3-1-2-13(14)15-10-12(4-5-16(15)19-17)11-20-6-8-25(23,24)9-7-20/h1-2,4-5,10,13-14,17,19H,3,6-9,11H2,(H,21,22). The number of allylic oxidation sites excluding steroid dienone is 2. The van der Waals surface area contributed by atoms with Crippen molar-refractivity contribution in [1.82, 2.24) is 4.90 Å². The zero-order valence-electron chi connectivity index (χ0n) is 13.9. The second-order valence-electron chi connectivity index (χ2n) is 7.16. The van der Waals surface area contributed by atoms with Crippen molar-refractivity contribution in [2.24, 2.45) is 5.92 Å². The third-order valence-corrected chi connectivity index (χ3v) is 7.15. The minimum Gasteiger partial charge on any atom is -0.480 e. The van der Waals surface area contributed by atoms with Crippen LogP contribution in [0, 0.1) is 5.92 Å². The normalized spacial score (nSPS) is 30.3. The molecular formula is C18H22N2O4S. The first-order chi connectivity index (χ1) is 11.9. The number of benzene rings is 1. The molecule has 1 aromatic carbocycles. The highest BCUT2D eigenvalue weighted by atomic mass is 32.2. The van der Waals surface area contributed by atoms with E-state index >= 15 is 0 Å². The highest BCUT2D eigenvalue weighted by Gasteiger charge is 2.40. The summed E-state index contributed by atoms with van der Waals surface area (Å²) in [4.78, 5) is 13.7. The van der Waals surface area contributed by atoms with Crippen LogP contribution in [0.1, 0.15) is 23.5 Å². The fraction of sp³-hybridized carbons (Fsp3) is 0.500. The van der Waals surface area contributed by atoms with Crippen molar-refractivity contribution < 1.29 is 18.3 Å². The quantitative estimate of drug-likeness (QED) is 0.792. The van der Waals surface area contributed by atoms with Crippen LogP contribution in [-0.2, 0) is 21.2 Å². The maximum Gasteiger partial charge on any atom is 0.326 e. The van der Waals surface area contributed by atoms with Crippen LogP contribution in [0.3, 0.4) is 0 Å². The summed E-state index contributed by atoms with van der Waals surface area (Å²) in [7, 11) is -2.86. The van der Waals surface area contributed by atoms with Crippen LogP contribution in [0.15, 0.2) is 30.4 Å². The van der Waals surface area contributed by atoms with Crippen molar-refractivity contribution in [3.8, 4) is 0 Å². The number of nitrogens with zero attached hydrogens (tertiary/aromatic N) is 1. The molecule has 0 radical (unpaired) electrons. The molecule has 7 heteroatoms. The van der Waals surface area contributed by atoms with E-state index in [1.165, 1.54) is 0 Å².